The van der Waals surface area contributed by atoms with Crippen molar-refractivity contribution in [3.8, 4) is 0 Å². The van der Waals surface area contributed by atoms with Gasteiger partial charge < -0.3 is 33.8 Å². The maximum Gasteiger partial charge on any atom is 0.472 e. The van der Waals surface area contributed by atoms with Gasteiger partial charge in [-0.3, -0.25) is 37.3 Å². The maximum atomic E-state index is 13.1. The highest BCUT2D eigenvalue weighted by atomic mass is 31.2. The number of rotatable bonds is 71. The summed E-state index contributed by atoms with van der Waals surface area (Å²) in [7, 11) is -9.97. The van der Waals surface area contributed by atoms with Crippen LogP contribution in [-0.4, -0.2) is 96.7 Å². The van der Waals surface area contributed by atoms with Crippen LogP contribution in [0.4, 0.5) is 0 Å². The third-order valence-corrected chi connectivity index (χ3v) is 17.6. The third kappa shape index (κ3) is 70.2. The summed E-state index contributed by atoms with van der Waals surface area (Å²) in [5.74, 6) is -2.25. The molecule has 564 valence electrons. The molecule has 5 atom stereocenters. The minimum atomic E-state index is -4.98. The fraction of sp³-hybridized carbons (Fsp3) is 0.722. The largest absolute Gasteiger partial charge is 0.472 e. The first-order chi connectivity index (χ1) is 47.7. The number of aliphatic hydroxyl groups is 1. The molecule has 0 aromatic heterocycles. The number of carbonyl (C=O) groups excluding carboxylic acids is 4. The van der Waals surface area contributed by atoms with Gasteiger partial charge in [-0.05, 0) is 148 Å². The summed E-state index contributed by atoms with van der Waals surface area (Å²) in [6, 6.07) is 0. The second kappa shape index (κ2) is 71.1. The molecular weight excluding hydrogens is 1280 g/mol. The first-order valence-corrected chi connectivity index (χ1v) is 41.1. The van der Waals surface area contributed by atoms with Gasteiger partial charge in [0.15, 0.2) is 12.2 Å². The minimum Gasteiger partial charge on any atom is -0.462 e. The number of hydrogen-bond acceptors (Lipinski definition) is 15. The summed E-state index contributed by atoms with van der Waals surface area (Å²) in [6.45, 7) is 4.55. The standard InChI is InChI=1S/C79H136O17P2/c1-5-9-13-17-21-25-29-33-36-40-43-47-51-55-59-63-76(81)89-69-74(95-78(83)65-61-57-53-49-45-39-32-28-24-20-16-12-8-4)71-93-97(85,86)91-67-73(80)68-92-98(87,88)94-72-75(96-79(84)66-62-58-54-50-46-42-38-35-31-27-23-19-15-11-7-3)70-90-77(82)64-60-56-52-48-44-41-37-34-30-26-22-18-14-10-6-2/h9-10,13-14,21-22,25-26,28,32-38,43,47,73-75,80H,5-8,11-12,15-20,23-24,27,29-31,39-42,44-46,48-72H2,1-4H3,(H,85,86)(H,87,88)/b13-9-,14-10-,25-21-,26-22-,32-28-,36-33-,37-34-,38-35-,47-43-. The first-order valence-electron chi connectivity index (χ1n) is 38.1. The Hall–Kier alpha value is -4.28. The minimum absolute atomic E-state index is 0.0744. The van der Waals surface area contributed by atoms with Gasteiger partial charge in [0.25, 0.3) is 0 Å². The number of allylic oxidation sites excluding steroid dienone is 18. The number of phosphoric ester groups is 2. The second-order valence-electron chi connectivity index (χ2n) is 25.2. The van der Waals surface area contributed by atoms with Crippen LogP contribution < -0.4 is 0 Å². The predicted molar refractivity (Wildman–Crippen MR) is 399 cm³/mol. The van der Waals surface area contributed by atoms with E-state index < -0.39 is 97.5 Å². The highest BCUT2D eigenvalue weighted by molar-refractivity contribution is 7.47. The smallest absolute Gasteiger partial charge is 0.462 e. The third-order valence-electron chi connectivity index (χ3n) is 15.7. The van der Waals surface area contributed by atoms with E-state index in [0.29, 0.717) is 25.7 Å². The molecule has 0 amide bonds. The average molecular weight is 1420 g/mol. The van der Waals surface area contributed by atoms with Crippen molar-refractivity contribution >= 4 is 39.5 Å². The van der Waals surface area contributed by atoms with Gasteiger partial charge in [0.2, 0.25) is 0 Å². The summed E-state index contributed by atoms with van der Waals surface area (Å²) in [6.07, 6.45) is 75.1. The van der Waals surface area contributed by atoms with E-state index in [9.17, 15) is 43.2 Å². The highest BCUT2D eigenvalue weighted by Gasteiger charge is 2.30. The van der Waals surface area contributed by atoms with E-state index in [-0.39, 0.29) is 25.7 Å². The van der Waals surface area contributed by atoms with Crippen LogP contribution in [0.2, 0.25) is 0 Å². The van der Waals surface area contributed by atoms with E-state index in [1.54, 1.807) is 0 Å². The van der Waals surface area contributed by atoms with Crippen LogP contribution in [0.1, 0.15) is 310 Å². The SMILES string of the molecule is CC/C=C\C/C=C\C/C=C\C/C=C\CCCCC(=O)OCC(COP(=O)(O)OCC(O)COP(=O)(O)OCC(COC(=O)CCCCCCC/C=C\C/C=C\C/C=C\CC)OC(=O)CCCCCCC/C=C\CCCCCCCC)OC(=O)CCCCCCC/C=C\CCCCCC. The molecule has 0 fully saturated rings. The van der Waals surface area contributed by atoms with Gasteiger partial charge in [-0.25, -0.2) is 9.13 Å². The van der Waals surface area contributed by atoms with Crippen LogP contribution in [0.25, 0.3) is 0 Å². The molecule has 0 aliphatic rings. The Kier molecular flexibility index (Phi) is 68.0. The Balaban J connectivity index is 5.40. The number of phosphoric acid groups is 2. The lowest BCUT2D eigenvalue weighted by Crippen LogP contribution is -2.30. The van der Waals surface area contributed by atoms with Crippen molar-refractivity contribution in [3.63, 3.8) is 0 Å². The molecule has 0 saturated heterocycles. The Morgan fingerprint density at radius 3 is 0.857 bits per heavy atom. The number of unbranched alkanes of at least 4 members (excludes halogenated alkanes) is 27. The van der Waals surface area contributed by atoms with E-state index in [4.69, 9.17) is 37.0 Å². The van der Waals surface area contributed by atoms with E-state index in [0.717, 1.165) is 167 Å². The first kappa shape index (κ1) is 93.7. The lowest BCUT2D eigenvalue weighted by Gasteiger charge is -2.21. The van der Waals surface area contributed by atoms with Crippen molar-refractivity contribution in [2.45, 2.75) is 329 Å². The van der Waals surface area contributed by atoms with Crippen molar-refractivity contribution < 1.29 is 80.2 Å². The van der Waals surface area contributed by atoms with Gasteiger partial charge in [0.1, 0.15) is 19.3 Å². The molecule has 0 saturated carbocycles. The predicted octanol–water partition coefficient (Wildman–Crippen LogP) is 21.8. The zero-order valence-electron chi connectivity index (χ0n) is 61.4. The molecule has 0 aliphatic carbocycles. The van der Waals surface area contributed by atoms with Gasteiger partial charge in [-0.15, -0.1) is 0 Å². The quantitative estimate of drug-likeness (QED) is 0.0169. The molecule has 3 N–H and O–H groups in total. The van der Waals surface area contributed by atoms with Crippen molar-refractivity contribution in [1.82, 2.24) is 0 Å². The van der Waals surface area contributed by atoms with Crippen molar-refractivity contribution in [1.29, 1.82) is 0 Å². The van der Waals surface area contributed by atoms with Crippen molar-refractivity contribution in [2.24, 2.45) is 0 Å². The maximum absolute atomic E-state index is 13.1. The van der Waals surface area contributed by atoms with Gasteiger partial charge in [-0.1, -0.05) is 246 Å². The van der Waals surface area contributed by atoms with Gasteiger partial charge in [-0.2, -0.15) is 0 Å². The fourth-order valence-electron chi connectivity index (χ4n) is 9.92. The summed E-state index contributed by atoms with van der Waals surface area (Å²) in [4.78, 5) is 72.8. The van der Waals surface area contributed by atoms with Crippen LogP contribution >= 0.6 is 15.6 Å². The molecule has 0 radical (unpaired) electrons. The zero-order chi connectivity index (χ0) is 71.8. The molecular formula is C79H136O17P2. The molecule has 0 heterocycles. The number of aliphatic hydroxyl groups excluding tert-OH is 1. The molecule has 0 bridgehead atoms. The monoisotopic (exact) mass is 1420 g/mol. The van der Waals surface area contributed by atoms with Gasteiger partial charge in [0, 0.05) is 25.7 Å². The van der Waals surface area contributed by atoms with Gasteiger partial charge >= 0.3 is 39.5 Å². The molecule has 0 rings (SSSR count). The number of carbonyl (C=O) groups is 4. The van der Waals surface area contributed by atoms with E-state index in [2.05, 4.69) is 137 Å². The molecule has 0 aromatic rings. The summed E-state index contributed by atoms with van der Waals surface area (Å²) in [5.41, 5.74) is 0. The Morgan fingerprint density at radius 1 is 0.296 bits per heavy atom. The van der Waals surface area contributed by atoms with E-state index >= 15 is 0 Å². The summed E-state index contributed by atoms with van der Waals surface area (Å²) >= 11 is 0. The molecule has 0 aromatic carbocycles. The Bertz CT molecular complexity index is 2290. The van der Waals surface area contributed by atoms with Crippen LogP contribution in [0.3, 0.4) is 0 Å². The Morgan fingerprint density at radius 2 is 0.531 bits per heavy atom. The zero-order valence-corrected chi connectivity index (χ0v) is 63.2. The number of ether oxygens (including phenoxy) is 4. The normalized spacial score (nSPS) is 14.6. The average Bonchev–Trinajstić information content (AvgIpc) is 0.959. The van der Waals surface area contributed by atoms with E-state index in [1.165, 1.54) is 64.2 Å². The number of esters is 4. The van der Waals surface area contributed by atoms with Crippen molar-refractivity contribution in [3.05, 3.63) is 109 Å². The molecule has 0 aliphatic heterocycles. The molecule has 5 unspecified atom stereocenters. The van der Waals surface area contributed by atoms with Gasteiger partial charge in [0.05, 0.1) is 26.4 Å². The van der Waals surface area contributed by atoms with Crippen LogP contribution in [-0.2, 0) is 65.4 Å². The molecule has 98 heavy (non-hydrogen) atoms. The second-order valence-corrected chi connectivity index (χ2v) is 28.1. The van der Waals surface area contributed by atoms with Crippen molar-refractivity contribution in [2.75, 3.05) is 39.6 Å². The lowest BCUT2D eigenvalue weighted by atomic mass is 10.1. The topological polar surface area (TPSA) is 237 Å². The van der Waals surface area contributed by atoms with Crippen LogP contribution in [0.5, 0.6) is 0 Å². The van der Waals surface area contributed by atoms with Crippen LogP contribution in [0, 0.1) is 0 Å². The highest BCUT2D eigenvalue weighted by Crippen LogP contribution is 2.45. The Labute approximate surface area is 594 Å². The molecule has 19 heteroatoms. The summed E-state index contributed by atoms with van der Waals surface area (Å²) in [5, 5.41) is 10.6. The van der Waals surface area contributed by atoms with E-state index in [1.807, 2.05) is 0 Å². The molecule has 17 nitrogen and oxygen atoms in total. The fourth-order valence-corrected chi connectivity index (χ4v) is 11.5. The summed E-state index contributed by atoms with van der Waals surface area (Å²) < 4.78 is 68.4. The molecule has 0 spiro atoms. The number of hydrogen-bond donors (Lipinski definition) is 3. The lowest BCUT2D eigenvalue weighted by molar-refractivity contribution is -0.161. The van der Waals surface area contributed by atoms with Crippen LogP contribution in [0.15, 0.2) is 109 Å².